The molecular weight excluding hydrogens is 230 g/mol. The SMILES string of the molecule is C=Cc1ccccn1.ClC=Cc1ccccc1. The third-order valence-corrected chi connectivity index (χ3v) is 2.08. The Hall–Kier alpha value is -1.86. The molecule has 2 heteroatoms. The number of hydrogen-bond donors (Lipinski definition) is 0. The van der Waals surface area contributed by atoms with E-state index in [0.29, 0.717) is 0 Å². The van der Waals surface area contributed by atoms with Gasteiger partial charge in [0.2, 0.25) is 0 Å². The molecule has 0 unspecified atom stereocenters. The highest BCUT2D eigenvalue weighted by Crippen LogP contribution is 2.00. The molecule has 2 rings (SSSR count). The molecule has 0 atom stereocenters. The van der Waals surface area contributed by atoms with E-state index in [1.807, 2.05) is 54.6 Å². The van der Waals surface area contributed by atoms with Crippen molar-refractivity contribution in [2.75, 3.05) is 0 Å². The molecule has 0 aliphatic carbocycles. The Kier molecular flexibility index (Phi) is 6.46. The Balaban J connectivity index is 0.000000171. The van der Waals surface area contributed by atoms with E-state index in [0.717, 1.165) is 11.3 Å². The van der Waals surface area contributed by atoms with Crippen LogP contribution in [0.5, 0.6) is 0 Å². The highest BCUT2D eigenvalue weighted by Gasteiger charge is 1.78. The van der Waals surface area contributed by atoms with E-state index in [4.69, 9.17) is 11.6 Å². The van der Waals surface area contributed by atoms with E-state index in [1.165, 1.54) is 5.54 Å². The number of pyridine rings is 1. The van der Waals surface area contributed by atoms with Crippen LogP contribution in [0.1, 0.15) is 11.3 Å². The van der Waals surface area contributed by atoms with Gasteiger partial charge >= 0.3 is 0 Å². The van der Waals surface area contributed by atoms with Crippen molar-refractivity contribution in [2.45, 2.75) is 0 Å². The molecule has 17 heavy (non-hydrogen) atoms. The molecule has 0 radical (unpaired) electrons. The van der Waals surface area contributed by atoms with Gasteiger partial charge in [0.05, 0.1) is 5.69 Å². The zero-order chi connectivity index (χ0) is 12.3. The van der Waals surface area contributed by atoms with Crippen LogP contribution in [0.15, 0.2) is 66.8 Å². The van der Waals surface area contributed by atoms with E-state index >= 15 is 0 Å². The molecule has 1 heterocycles. The van der Waals surface area contributed by atoms with Gasteiger partial charge in [0.25, 0.3) is 0 Å². The third kappa shape index (κ3) is 5.69. The van der Waals surface area contributed by atoms with Crippen LogP contribution < -0.4 is 0 Å². The fourth-order valence-electron chi connectivity index (χ4n) is 1.13. The van der Waals surface area contributed by atoms with Gasteiger partial charge in [-0.1, -0.05) is 54.6 Å². The van der Waals surface area contributed by atoms with Crippen LogP contribution in [0.2, 0.25) is 0 Å². The van der Waals surface area contributed by atoms with Gasteiger partial charge in [-0.15, -0.1) is 0 Å². The second-order valence-corrected chi connectivity index (χ2v) is 3.41. The van der Waals surface area contributed by atoms with Gasteiger partial charge in [0.1, 0.15) is 0 Å². The maximum Gasteiger partial charge on any atom is 0.0623 e. The van der Waals surface area contributed by atoms with Crippen molar-refractivity contribution < 1.29 is 0 Å². The molecule has 86 valence electrons. The van der Waals surface area contributed by atoms with Crippen molar-refractivity contribution in [1.29, 1.82) is 0 Å². The average molecular weight is 244 g/mol. The minimum absolute atomic E-state index is 0.924. The number of nitrogens with zero attached hydrogens (tertiary/aromatic N) is 1. The number of benzene rings is 1. The Morgan fingerprint density at radius 1 is 1.00 bits per heavy atom. The second kappa shape index (κ2) is 8.31. The maximum absolute atomic E-state index is 5.36. The Morgan fingerprint density at radius 2 is 1.71 bits per heavy atom. The van der Waals surface area contributed by atoms with Crippen LogP contribution in [0.3, 0.4) is 0 Å². The number of hydrogen-bond acceptors (Lipinski definition) is 1. The molecule has 0 amide bonds. The van der Waals surface area contributed by atoms with Crippen LogP contribution >= 0.6 is 11.6 Å². The van der Waals surface area contributed by atoms with E-state index in [9.17, 15) is 0 Å². The smallest absolute Gasteiger partial charge is 0.0623 e. The zero-order valence-corrected chi connectivity index (χ0v) is 10.2. The predicted octanol–water partition coefficient (Wildman–Crippen LogP) is 4.62. The minimum atomic E-state index is 0.924. The van der Waals surface area contributed by atoms with Crippen molar-refractivity contribution in [3.63, 3.8) is 0 Å². The van der Waals surface area contributed by atoms with Crippen LogP contribution in [0, 0.1) is 0 Å². The molecule has 0 aliphatic rings. The van der Waals surface area contributed by atoms with E-state index in [-0.39, 0.29) is 0 Å². The summed E-state index contributed by atoms with van der Waals surface area (Å²) in [5, 5.41) is 0. The van der Waals surface area contributed by atoms with Gasteiger partial charge in [-0.2, -0.15) is 0 Å². The molecule has 1 nitrogen and oxygen atoms in total. The van der Waals surface area contributed by atoms with Gasteiger partial charge < -0.3 is 0 Å². The van der Waals surface area contributed by atoms with Gasteiger partial charge in [-0.25, -0.2) is 0 Å². The summed E-state index contributed by atoms with van der Waals surface area (Å²) in [6.07, 6.45) is 5.32. The van der Waals surface area contributed by atoms with Crippen molar-refractivity contribution >= 4 is 23.8 Å². The third-order valence-electron chi connectivity index (χ3n) is 1.95. The molecule has 0 aliphatic heterocycles. The van der Waals surface area contributed by atoms with Gasteiger partial charge in [-0.3, -0.25) is 4.98 Å². The zero-order valence-electron chi connectivity index (χ0n) is 9.46. The summed E-state index contributed by atoms with van der Waals surface area (Å²) in [4.78, 5) is 3.98. The summed E-state index contributed by atoms with van der Waals surface area (Å²) >= 11 is 5.36. The first-order valence-electron chi connectivity index (χ1n) is 5.22. The molecule has 1 aromatic carbocycles. The summed E-state index contributed by atoms with van der Waals surface area (Å²) < 4.78 is 0. The van der Waals surface area contributed by atoms with Gasteiger partial charge in [0, 0.05) is 11.7 Å². The molecule has 0 fully saturated rings. The van der Waals surface area contributed by atoms with Crippen LogP contribution in [0.25, 0.3) is 12.2 Å². The molecule has 0 N–H and O–H groups in total. The minimum Gasteiger partial charge on any atom is -0.257 e. The fourth-order valence-corrected chi connectivity index (χ4v) is 1.28. The topological polar surface area (TPSA) is 12.9 Å². The number of halogens is 1. The highest BCUT2D eigenvalue weighted by molar-refractivity contribution is 6.27. The first kappa shape index (κ1) is 13.2. The monoisotopic (exact) mass is 243 g/mol. The first-order chi connectivity index (χ1) is 8.36. The molecule has 0 spiro atoms. The number of rotatable bonds is 2. The second-order valence-electron chi connectivity index (χ2n) is 3.16. The van der Waals surface area contributed by atoms with Crippen LogP contribution in [-0.4, -0.2) is 4.98 Å². The lowest BCUT2D eigenvalue weighted by atomic mass is 10.2. The normalized spacial score (nSPS) is 9.47. The van der Waals surface area contributed by atoms with E-state index < -0.39 is 0 Å². The highest BCUT2D eigenvalue weighted by atomic mass is 35.5. The number of aromatic nitrogens is 1. The van der Waals surface area contributed by atoms with Crippen molar-refractivity contribution in [3.05, 3.63) is 78.1 Å². The lowest BCUT2D eigenvalue weighted by molar-refractivity contribution is 1.30. The van der Waals surface area contributed by atoms with Crippen LogP contribution in [0.4, 0.5) is 0 Å². The summed E-state index contributed by atoms with van der Waals surface area (Å²) in [5.41, 5.74) is 3.56. The lowest BCUT2D eigenvalue weighted by Crippen LogP contribution is -1.73. The Bertz CT molecular complexity index is 449. The van der Waals surface area contributed by atoms with Crippen molar-refractivity contribution in [1.82, 2.24) is 4.98 Å². The predicted molar refractivity (Wildman–Crippen MR) is 75.7 cm³/mol. The molecule has 0 bridgehead atoms. The standard InChI is InChI=1S/C8H7Cl.C7H7N/c9-7-6-8-4-2-1-3-5-8;1-2-7-5-3-4-6-8-7/h1-7H;2-6H,1H2. The van der Waals surface area contributed by atoms with E-state index in [2.05, 4.69) is 11.6 Å². The van der Waals surface area contributed by atoms with Crippen molar-refractivity contribution in [3.8, 4) is 0 Å². The lowest BCUT2D eigenvalue weighted by Gasteiger charge is -1.86. The largest absolute Gasteiger partial charge is 0.257 e. The molecule has 0 saturated carbocycles. The first-order valence-corrected chi connectivity index (χ1v) is 5.65. The quantitative estimate of drug-likeness (QED) is 0.750. The van der Waals surface area contributed by atoms with Gasteiger partial charge in [0.15, 0.2) is 0 Å². The average Bonchev–Trinajstić information content (AvgIpc) is 2.42. The molecule has 1 aromatic heterocycles. The fraction of sp³-hybridized carbons (Fsp3) is 0. The van der Waals surface area contributed by atoms with Gasteiger partial charge in [-0.05, 0) is 29.8 Å². The Morgan fingerprint density at radius 3 is 2.18 bits per heavy atom. The molecule has 0 saturated heterocycles. The van der Waals surface area contributed by atoms with Crippen LogP contribution in [-0.2, 0) is 0 Å². The summed E-state index contributed by atoms with van der Waals surface area (Å²) in [5.74, 6) is 0. The Labute approximate surface area is 107 Å². The molecule has 2 aromatic rings. The summed E-state index contributed by atoms with van der Waals surface area (Å²) in [6.45, 7) is 3.57. The summed E-state index contributed by atoms with van der Waals surface area (Å²) in [7, 11) is 0. The van der Waals surface area contributed by atoms with E-state index in [1.54, 1.807) is 12.3 Å². The molecular formula is C15H14ClN. The van der Waals surface area contributed by atoms with Crippen molar-refractivity contribution in [2.24, 2.45) is 0 Å². The maximum atomic E-state index is 5.36. The summed E-state index contributed by atoms with van der Waals surface area (Å²) in [6, 6.07) is 15.7.